The smallest absolute Gasteiger partial charge is 0.338 e. The van der Waals surface area contributed by atoms with Gasteiger partial charge >= 0.3 is 5.97 Å². The summed E-state index contributed by atoms with van der Waals surface area (Å²) in [6, 6.07) is 6.92. The van der Waals surface area contributed by atoms with Gasteiger partial charge in [0.05, 0.1) is 30.3 Å². The van der Waals surface area contributed by atoms with Crippen molar-refractivity contribution in [2.24, 2.45) is 4.99 Å². The van der Waals surface area contributed by atoms with Crippen LogP contribution in [0.5, 0.6) is 0 Å². The maximum atomic E-state index is 12.9. The molecule has 1 amide bonds. The van der Waals surface area contributed by atoms with Gasteiger partial charge in [0.15, 0.2) is 5.17 Å². The van der Waals surface area contributed by atoms with Crippen LogP contribution in [-0.4, -0.2) is 60.6 Å². The Labute approximate surface area is 192 Å². The van der Waals surface area contributed by atoms with Gasteiger partial charge in [-0.25, -0.2) is 9.79 Å². The van der Waals surface area contributed by atoms with Gasteiger partial charge in [-0.05, 0) is 51.0 Å². The molecular weight excluding hydrogens is 436 g/mol. The highest BCUT2D eigenvalue weighted by Crippen LogP contribution is 2.44. The van der Waals surface area contributed by atoms with Gasteiger partial charge in [-0.2, -0.15) is 0 Å². The summed E-state index contributed by atoms with van der Waals surface area (Å²) in [5, 5.41) is 6.22. The van der Waals surface area contributed by atoms with Crippen molar-refractivity contribution in [1.82, 2.24) is 15.1 Å². The molecule has 31 heavy (non-hydrogen) atoms. The third-order valence-electron chi connectivity index (χ3n) is 4.90. The van der Waals surface area contributed by atoms with E-state index in [0.29, 0.717) is 22.8 Å². The Morgan fingerprint density at radius 2 is 2.00 bits per heavy atom. The van der Waals surface area contributed by atoms with E-state index in [1.807, 2.05) is 48.4 Å². The highest BCUT2D eigenvalue weighted by atomic mass is 35.5. The molecule has 0 aliphatic carbocycles. The summed E-state index contributed by atoms with van der Waals surface area (Å²) in [5.41, 5.74) is 2.75. The number of hydrogen-bond donors (Lipinski definition) is 1. The van der Waals surface area contributed by atoms with Gasteiger partial charge in [0.2, 0.25) is 5.91 Å². The zero-order chi connectivity index (χ0) is 22.5. The summed E-state index contributed by atoms with van der Waals surface area (Å²) >= 11 is 7.55. The number of ether oxygens (including phenoxy) is 1. The molecule has 3 rings (SSSR count). The van der Waals surface area contributed by atoms with E-state index in [-0.39, 0.29) is 18.9 Å². The molecule has 1 unspecified atom stereocenters. The number of esters is 1. The molecule has 1 N–H and O–H groups in total. The lowest BCUT2D eigenvalue weighted by Crippen LogP contribution is -2.38. The second kappa shape index (κ2) is 10.3. The molecule has 0 spiro atoms. The normalized spacial score (nSPS) is 18.0. The molecule has 0 fully saturated rings. The van der Waals surface area contributed by atoms with Crippen LogP contribution in [0.4, 0.5) is 0 Å². The number of thioether (sulfide) groups is 1. The first-order chi connectivity index (χ1) is 14.8. The first-order valence-corrected chi connectivity index (χ1v) is 11.4. The molecule has 7 nitrogen and oxygen atoms in total. The SMILES string of the molecule is CCOC(=O)C1=C(C)N=C2SC=C(CC(=O)NCCN(C)C)N2C1c1ccc(Cl)cc1. The van der Waals surface area contributed by atoms with Gasteiger partial charge in [-0.1, -0.05) is 35.5 Å². The van der Waals surface area contributed by atoms with E-state index in [9.17, 15) is 9.59 Å². The monoisotopic (exact) mass is 462 g/mol. The number of amides is 1. The van der Waals surface area contributed by atoms with Crippen molar-refractivity contribution in [2.75, 3.05) is 33.8 Å². The largest absolute Gasteiger partial charge is 0.463 e. The standard InChI is InChI=1S/C22H27ClN4O3S/c1-5-30-21(29)19-14(2)25-22-27(20(19)15-6-8-16(23)9-7-15)17(13-31-22)12-18(28)24-10-11-26(3)4/h6-9,13,20H,5,10-12H2,1-4H3,(H,24,28). The Morgan fingerprint density at radius 1 is 1.29 bits per heavy atom. The molecule has 0 saturated heterocycles. The Kier molecular flexibility index (Phi) is 7.80. The average Bonchev–Trinajstić information content (AvgIpc) is 3.09. The fourth-order valence-electron chi connectivity index (χ4n) is 3.45. The molecule has 0 radical (unpaired) electrons. The van der Waals surface area contributed by atoms with Crippen LogP contribution in [0.2, 0.25) is 5.02 Å². The van der Waals surface area contributed by atoms with Crippen molar-refractivity contribution in [3.8, 4) is 0 Å². The van der Waals surface area contributed by atoms with Crippen molar-refractivity contribution >= 4 is 40.4 Å². The van der Waals surface area contributed by atoms with E-state index in [2.05, 4.69) is 10.3 Å². The van der Waals surface area contributed by atoms with Gasteiger partial charge in [0.25, 0.3) is 0 Å². The zero-order valence-electron chi connectivity index (χ0n) is 18.1. The van der Waals surface area contributed by atoms with Crippen molar-refractivity contribution in [3.05, 3.63) is 57.2 Å². The van der Waals surface area contributed by atoms with Crippen molar-refractivity contribution < 1.29 is 14.3 Å². The third-order valence-corrected chi connectivity index (χ3v) is 6.05. The highest BCUT2D eigenvalue weighted by Gasteiger charge is 2.41. The summed E-state index contributed by atoms with van der Waals surface area (Å²) in [6.45, 7) is 5.19. The Hall–Kier alpha value is -2.29. The predicted octanol–water partition coefficient (Wildman–Crippen LogP) is 3.55. The minimum atomic E-state index is -0.445. The van der Waals surface area contributed by atoms with Gasteiger partial charge in [-0.3, -0.25) is 4.79 Å². The number of carbonyl (C=O) groups excluding carboxylic acids is 2. The molecule has 2 heterocycles. The van der Waals surface area contributed by atoms with Crippen LogP contribution in [0.15, 0.2) is 51.6 Å². The molecule has 1 aromatic rings. The van der Waals surface area contributed by atoms with E-state index in [4.69, 9.17) is 16.3 Å². The van der Waals surface area contributed by atoms with Gasteiger partial charge in [0, 0.05) is 23.8 Å². The number of nitrogens with zero attached hydrogens (tertiary/aromatic N) is 3. The second-order valence-electron chi connectivity index (χ2n) is 7.50. The van der Waals surface area contributed by atoms with Crippen LogP contribution < -0.4 is 5.32 Å². The number of allylic oxidation sites excluding steroid dienone is 1. The average molecular weight is 463 g/mol. The summed E-state index contributed by atoms with van der Waals surface area (Å²) in [5.74, 6) is -0.483. The summed E-state index contributed by atoms with van der Waals surface area (Å²) in [4.78, 5) is 34.0. The molecule has 166 valence electrons. The molecule has 1 aromatic carbocycles. The lowest BCUT2D eigenvalue weighted by atomic mass is 9.94. The maximum Gasteiger partial charge on any atom is 0.338 e. The topological polar surface area (TPSA) is 74.2 Å². The minimum Gasteiger partial charge on any atom is -0.463 e. The number of aliphatic imine (C=N–C) groups is 1. The van der Waals surface area contributed by atoms with Crippen molar-refractivity contribution in [3.63, 3.8) is 0 Å². The van der Waals surface area contributed by atoms with Crippen LogP contribution in [0.1, 0.15) is 31.9 Å². The van der Waals surface area contributed by atoms with Crippen LogP contribution in [-0.2, 0) is 14.3 Å². The number of nitrogens with one attached hydrogen (secondary N) is 1. The number of benzene rings is 1. The van der Waals surface area contributed by atoms with E-state index in [1.165, 1.54) is 11.8 Å². The number of halogens is 1. The Bertz CT molecular complexity index is 941. The zero-order valence-corrected chi connectivity index (χ0v) is 19.7. The Balaban J connectivity index is 1.91. The van der Waals surface area contributed by atoms with E-state index in [1.54, 1.807) is 19.1 Å². The molecule has 9 heteroatoms. The molecule has 0 saturated carbocycles. The molecule has 1 atom stereocenters. The van der Waals surface area contributed by atoms with Gasteiger partial charge in [-0.15, -0.1) is 0 Å². The van der Waals surface area contributed by atoms with Crippen LogP contribution in [0, 0.1) is 0 Å². The van der Waals surface area contributed by atoms with E-state index in [0.717, 1.165) is 23.0 Å². The molecule has 0 bridgehead atoms. The first kappa shape index (κ1) is 23.4. The fourth-order valence-corrected chi connectivity index (χ4v) is 4.54. The predicted molar refractivity (Wildman–Crippen MR) is 125 cm³/mol. The van der Waals surface area contributed by atoms with Crippen LogP contribution in [0.3, 0.4) is 0 Å². The Morgan fingerprint density at radius 3 is 2.65 bits per heavy atom. The number of hydrogen-bond acceptors (Lipinski definition) is 7. The molecular formula is C22H27ClN4O3S. The number of fused-ring (bicyclic) bond motifs is 1. The van der Waals surface area contributed by atoms with Gasteiger partial charge in [0.1, 0.15) is 0 Å². The summed E-state index contributed by atoms with van der Waals surface area (Å²) in [7, 11) is 3.92. The minimum absolute atomic E-state index is 0.0752. The summed E-state index contributed by atoms with van der Waals surface area (Å²) < 4.78 is 5.34. The number of rotatable bonds is 8. The van der Waals surface area contributed by atoms with Crippen molar-refractivity contribution in [2.45, 2.75) is 26.3 Å². The lowest BCUT2D eigenvalue weighted by Gasteiger charge is -2.36. The second-order valence-corrected chi connectivity index (χ2v) is 8.77. The fraction of sp³-hybridized carbons (Fsp3) is 0.409. The summed E-state index contributed by atoms with van der Waals surface area (Å²) in [6.07, 6.45) is 0.193. The number of amidine groups is 1. The quantitative estimate of drug-likeness (QED) is 0.595. The van der Waals surface area contributed by atoms with E-state index >= 15 is 0 Å². The molecule has 0 aromatic heterocycles. The highest BCUT2D eigenvalue weighted by molar-refractivity contribution is 8.16. The molecule has 2 aliphatic heterocycles. The van der Waals surface area contributed by atoms with Crippen molar-refractivity contribution in [1.29, 1.82) is 0 Å². The lowest BCUT2D eigenvalue weighted by molar-refractivity contribution is -0.139. The van der Waals surface area contributed by atoms with Crippen LogP contribution >= 0.6 is 23.4 Å². The van der Waals surface area contributed by atoms with E-state index < -0.39 is 12.0 Å². The third kappa shape index (κ3) is 5.50. The van der Waals surface area contributed by atoms with Crippen LogP contribution in [0.25, 0.3) is 0 Å². The maximum absolute atomic E-state index is 12.9. The molecule has 2 aliphatic rings. The number of carbonyl (C=O) groups is 2. The van der Waals surface area contributed by atoms with Gasteiger partial charge < -0.3 is 19.9 Å². The first-order valence-electron chi connectivity index (χ1n) is 10.1. The number of likely N-dealkylation sites (N-methyl/N-ethyl adjacent to an activating group) is 1.